The van der Waals surface area contributed by atoms with E-state index >= 15 is 0 Å². The maximum absolute atomic E-state index is 14.2. The molecule has 2 fully saturated rings. The van der Waals surface area contributed by atoms with Crippen LogP contribution in [0.4, 0.5) is 4.39 Å². The maximum atomic E-state index is 14.2. The van der Waals surface area contributed by atoms with Crippen LogP contribution in [0, 0.1) is 12.9 Å². The van der Waals surface area contributed by atoms with Gasteiger partial charge in [-0.2, -0.15) is 4.39 Å². The summed E-state index contributed by atoms with van der Waals surface area (Å²) in [7, 11) is 1.62. The lowest BCUT2D eigenvalue weighted by atomic mass is 9.95. The molecule has 0 spiro atoms. The molecule has 3 aromatic heterocycles. The number of nitrogens with zero attached hydrogens (tertiary/aromatic N) is 5. The Kier molecular flexibility index (Phi) is 7.61. The van der Waals surface area contributed by atoms with Crippen LogP contribution in [-0.2, 0) is 18.9 Å². The summed E-state index contributed by atoms with van der Waals surface area (Å²) in [6, 6.07) is 14.5. The topological polar surface area (TPSA) is 93.4 Å². The zero-order valence-electron chi connectivity index (χ0n) is 21.1. The highest BCUT2D eigenvalue weighted by molar-refractivity contribution is 7.99. The number of pyridine rings is 2. The monoisotopic (exact) mass is 569 g/mol. The molecule has 6 rings (SSSR count). The lowest BCUT2D eigenvalue weighted by Gasteiger charge is -2.48. The van der Waals surface area contributed by atoms with Gasteiger partial charge in [-0.15, -0.1) is 5.10 Å². The second-order valence-corrected chi connectivity index (χ2v) is 10.9. The molecule has 39 heavy (non-hydrogen) atoms. The van der Waals surface area contributed by atoms with Gasteiger partial charge in [-0.05, 0) is 19.1 Å². The summed E-state index contributed by atoms with van der Waals surface area (Å²) in [5.41, 5.74) is 1.69. The molecular weight excluding hydrogens is 545 g/mol. The van der Waals surface area contributed by atoms with Gasteiger partial charge in [0.2, 0.25) is 5.95 Å². The number of rotatable bonds is 6. The highest BCUT2D eigenvalue weighted by atomic mass is 35.5. The normalized spacial score (nSPS) is 26.8. The second-order valence-electron chi connectivity index (χ2n) is 9.26. The van der Waals surface area contributed by atoms with Crippen molar-refractivity contribution in [3.05, 3.63) is 89.2 Å². The van der Waals surface area contributed by atoms with Crippen LogP contribution in [0.3, 0.4) is 0 Å². The van der Waals surface area contributed by atoms with Gasteiger partial charge in [0.1, 0.15) is 35.5 Å². The van der Waals surface area contributed by atoms with E-state index in [0.717, 1.165) is 10.5 Å². The Morgan fingerprint density at radius 3 is 2.72 bits per heavy atom. The first kappa shape index (κ1) is 26.3. The molecule has 0 amide bonds. The third-order valence-corrected chi connectivity index (χ3v) is 8.01. The van der Waals surface area contributed by atoms with Crippen LogP contribution in [0.25, 0.3) is 11.4 Å². The number of ether oxygens (including phenoxy) is 4. The smallest absolute Gasteiger partial charge is 0.216 e. The van der Waals surface area contributed by atoms with E-state index in [1.54, 1.807) is 49.4 Å². The third kappa shape index (κ3) is 5.43. The highest BCUT2D eigenvalue weighted by Crippen LogP contribution is 2.44. The predicted molar refractivity (Wildman–Crippen MR) is 142 cm³/mol. The fourth-order valence-electron chi connectivity index (χ4n) is 4.77. The molecule has 2 saturated heterocycles. The van der Waals surface area contributed by atoms with E-state index in [2.05, 4.69) is 20.3 Å². The average Bonchev–Trinajstić information content (AvgIpc) is 3.44. The predicted octanol–water partition coefficient (Wildman–Crippen LogP) is 5.02. The van der Waals surface area contributed by atoms with Crippen LogP contribution in [0.1, 0.15) is 23.5 Å². The number of thioether (sulfide) groups is 1. The first-order valence-electron chi connectivity index (χ1n) is 12.3. The average molecular weight is 570 g/mol. The molecule has 6 atom stereocenters. The Bertz CT molecular complexity index is 1450. The second kappa shape index (κ2) is 11.3. The summed E-state index contributed by atoms with van der Waals surface area (Å²) in [5, 5.41) is 9.24. The van der Waals surface area contributed by atoms with E-state index in [1.165, 1.54) is 11.8 Å². The van der Waals surface area contributed by atoms with Crippen molar-refractivity contribution < 1.29 is 23.3 Å². The van der Waals surface area contributed by atoms with Gasteiger partial charge in [0.05, 0.1) is 23.5 Å². The van der Waals surface area contributed by atoms with Gasteiger partial charge in [-0.3, -0.25) is 4.98 Å². The fraction of sp³-hybridized carbons (Fsp3) is 0.333. The minimum atomic E-state index is -0.590. The Labute approximate surface area is 233 Å². The molecule has 0 bridgehead atoms. The molecule has 12 heteroatoms. The first-order chi connectivity index (χ1) is 19.0. The standard InChI is InChI=1S/C27H25ClFN5O4S/c1-15-8-9-19(31-25(15)29)20-13-34(33-32-20)22-23-21(14-36-26(38-23)16-6-4-3-5-7-16)37-27(24(22)35-2)39-18-10-17(28)11-30-12-18/h3-13,21-24,26-27H,14H2,1-2H3/t21?,22-,23-,24?,26?,27+/m0/s1. The molecule has 1 aromatic carbocycles. The minimum absolute atomic E-state index is 0.300. The summed E-state index contributed by atoms with van der Waals surface area (Å²) in [6.07, 6.45) is 3.02. The van der Waals surface area contributed by atoms with E-state index in [4.69, 9.17) is 30.5 Å². The van der Waals surface area contributed by atoms with Crippen molar-refractivity contribution in [2.75, 3.05) is 13.7 Å². The molecule has 2 aliphatic heterocycles. The summed E-state index contributed by atoms with van der Waals surface area (Å²) in [4.78, 5) is 9.05. The van der Waals surface area contributed by atoms with Gasteiger partial charge in [0, 0.05) is 35.5 Å². The first-order valence-corrected chi connectivity index (χ1v) is 13.6. The molecule has 0 N–H and O–H groups in total. The zero-order chi connectivity index (χ0) is 26.9. The van der Waals surface area contributed by atoms with E-state index < -0.39 is 42.0 Å². The quantitative estimate of drug-likeness (QED) is 0.297. The third-order valence-electron chi connectivity index (χ3n) is 6.70. The maximum Gasteiger partial charge on any atom is 0.216 e. The summed E-state index contributed by atoms with van der Waals surface area (Å²) in [5.74, 6) is -0.548. The van der Waals surface area contributed by atoms with E-state index in [1.807, 2.05) is 36.4 Å². The van der Waals surface area contributed by atoms with Gasteiger partial charge in [-0.25, -0.2) is 9.67 Å². The molecule has 9 nitrogen and oxygen atoms in total. The van der Waals surface area contributed by atoms with Gasteiger partial charge in [0.25, 0.3) is 0 Å². The Morgan fingerprint density at radius 2 is 1.95 bits per heavy atom. The van der Waals surface area contributed by atoms with Crippen molar-refractivity contribution in [3.8, 4) is 11.4 Å². The number of aromatic nitrogens is 5. The molecule has 5 heterocycles. The summed E-state index contributed by atoms with van der Waals surface area (Å²) in [6.45, 7) is 1.96. The summed E-state index contributed by atoms with van der Waals surface area (Å²) >= 11 is 7.62. The Morgan fingerprint density at radius 1 is 1.10 bits per heavy atom. The van der Waals surface area contributed by atoms with Gasteiger partial charge in [-0.1, -0.05) is 65.0 Å². The highest BCUT2D eigenvalue weighted by Gasteiger charge is 2.52. The van der Waals surface area contributed by atoms with Crippen molar-refractivity contribution in [2.24, 2.45) is 0 Å². The van der Waals surface area contributed by atoms with E-state index in [0.29, 0.717) is 28.6 Å². The van der Waals surface area contributed by atoms with Gasteiger partial charge >= 0.3 is 0 Å². The molecule has 0 aliphatic carbocycles. The van der Waals surface area contributed by atoms with Crippen molar-refractivity contribution >= 4 is 23.4 Å². The minimum Gasteiger partial charge on any atom is -0.375 e. The van der Waals surface area contributed by atoms with Gasteiger partial charge < -0.3 is 18.9 Å². The lowest BCUT2D eigenvalue weighted by molar-refractivity contribution is -0.308. The zero-order valence-corrected chi connectivity index (χ0v) is 22.6. The Balaban J connectivity index is 1.36. The van der Waals surface area contributed by atoms with Crippen LogP contribution in [0.5, 0.6) is 0 Å². The van der Waals surface area contributed by atoms with Crippen molar-refractivity contribution in [2.45, 2.75) is 47.9 Å². The van der Waals surface area contributed by atoms with Gasteiger partial charge in [0.15, 0.2) is 6.29 Å². The molecule has 2 aliphatic rings. The molecule has 4 aromatic rings. The van der Waals surface area contributed by atoms with Crippen molar-refractivity contribution in [1.82, 2.24) is 25.0 Å². The fourth-order valence-corrected chi connectivity index (χ4v) is 6.20. The molecule has 0 saturated carbocycles. The molecule has 0 radical (unpaired) electrons. The van der Waals surface area contributed by atoms with Crippen LogP contribution in [0.15, 0.2) is 72.0 Å². The van der Waals surface area contributed by atoms with Crippen LogP contribution >= 0.6 is 23.4 Å². The van der Waals surface area contributed by atoms with E-state index in [9.17, 15) is 4.39 Å². The number of hydrogen-bond acceptors (Lipinski definition) is 9. The molecule has 202 valence electrons. The van der Waals surface area contributed by atoms with Crippen LogP contribution in [-0.4, -0.2) is 62.4 Å². The number of hydrogen-bond donors (Lipinski definition) is 0. The van der Waals surface area contributed by atoms with Crippen molar-refractivity contribution in [1.29, 1.82) is 0 Å². The Hall–Kier alpha value is -2.93. The lowest BCUT2D eigenvalue weighted by Crippen LogP contribution is -2.59. The molecule has 3 unspecified atom stereocenters. The number of methoxy groups -OCH3 is 1. The van der Waals surface area contributed by atoms with Crippen LogP contribution in [0.2, 0.25) is 5.02 Å². The number of aryl methyl sites for hydroxylation is 1. The number of halogens is 2. The number of benzene rings is 1. The van der Waals surface area contributed by atoms with Crippen molar-refractivity contribution in [3.63, 3.8) is 0 Å². The molecular formula is C27H25ClFN5O4S. The largest absolute Gasteiger partial charge is 0.375 e. The van der Waals surface area contributed by atoms with Crippen LogP contribution < -0.4 is 0 Å². The summed E-state index contributed by atoms with van der Waals surface area (Å²) < 4.78 is 41.0. The number of fused-ring (bicyclic) bond motifs is 1. The SMILES string of the molecule is COC1[C@@H](Sc2cncc(Cl)c2)OC2COC(c3ccccc3)O[C@@H]2[C@@H]1n1cc(-c2ccc(C)c(F)n2)nn1. The van der Waals surface area contributed by atoms with E-state index in [-0.39, 0.29) is 0 Å².